The van der Waals surface area contributed by atoms with Gasteiger partial charge in [-0.05, 0) is 61.7 Å². The summed E-state index contributed by atoms with van der Waals surface area (Å²) >= 11 is 3.43. The molecule has 176 valence electrons. The number of Topliss-reactive ketones (excluding diaryl/α,β-unsaturated/α-hetero) is 1. The molecule has 1 aliphatic heterocycles. The number of rotatable bonds is 8. The standard InChI is InChI=1S/C26H31BrN2O4/c1-16(2)33-20-11-12-21(17(3)15-20)24(30)22-23(18-7-9-19(27)10-8-18)29(26(32)25(22)31)14-6-13-28(4)5/h7-12,15-16,23,30H,6,13-14H2,1-5H3/b24-22+. The summed E-state index contributed by atoms with van der Waals surface area (Å²) in [5.74, 6) is -1.07. The largest absolute Gasteiger partial charge is 0.872 e. The van der Waals surface area contributed by atoms with Gasteiger partial charge in [0.05, 0.1) is 32.8 Å². The van der Waals surface area contributed by atoms with Gasteiger partial charge < -0.3 is 19.6 Å². The number of aryl methyl sites for hydroxylation is 1. The molecule has 1 saturated heterocycles. The zero-order chi connectivity index (χ0) is 24.3. The molecule has 2 aromatic carbocycles. The molecule has 33 heavy (non-hydrogen) atoms. The Morgan fingerprint density at radius 3 is 2.39 bits per heavy atom. The number of benzene rings is 2. The number of quaternary nitrogens is 1. The van der Waals surface area contributed by atoms with E-state index in [1.807, 2.05) is 59.1 Å². The molecular weight excluding hydrogens is 484 g/mol. The Morgan fingerprint density at radius 1 is 1.15 bits per heavy atom. The number of hydrogen-bond acceptors (Lipinski definition) is 4. The molecule has 0 radical (unpaired) electrons. The minimum atomic E-state index is -0.716. The fourth-order valence-corrected chi connectivity index (χ4v) is 4.34. The molecule has 0 aromatic heterocycles. The van der Waals surface area contributed by atoms with Crippen molar-refractivity contribution < 1.29 is 24.3 Å². The summed E-state index contributed by atoms with van der Waals surface area (Å²) in [5, 5.41) is 13.6. The predicted octanol–water partition coefficient (Wildman–Crippen LogP) is 2.30. The highest BCUT2D eigenvalue weighted by Gasteiger charge is 2.44. The van der Waals surface area contributed by atoms with Crippen LogP contribution in [-0.2, 0) is 9.59 Å². The van der Waals surface area contributed by atoms with Crippen LogP contribution in [0, 0.1) is 6.92 Å². The van der Waals surface area contributed by atoms with E-state index in [1.54, 1.807) is 23.1 Å². The number of hydrogen-bond donors (Lipinski definition) is 1. The Balaban J connectivity index is 2.08. The molecule has 1 N–H and O–H groups in total. The van der Waals surface area contributed by atoms with Gasteiger partial charge in [0.2, 0.25) is 5.78 Å². The van der Waals surface area contributed by atoms with E-state index in [1.165, 1.54) is 4.90 Å². The average molecular weight is 515 g/mol. The third kappa shape index (κ3) is 5.65. The number of carbonyl (C=O) groups is 2. The van der Waals surface area contributed by atoms with E-state index in [2.05, 4.69) is 15.9 Å². The van der Waals surface area contributed by atoms with Crippen molar-refractivity contribution >= 4 is 33.4 Å². The summed E-state index contributed by atoms with van der Waals surface area (Å²) in [5.41, 5.74) is 1.87. The Hall–Kier alpha value is -2.64. The molecular formula is C26H31BrN2O4. The van der Waals surface area contributed by atoms with Crippen molar-refractivity contribution in [3.05, 3.63) is 69.2 Å². The van der Waals surface area contributed by atoms with Crippen LogP contribution < -0.4 is 14.7 Å². The fraction of sp³-hybridized carbons (Fsp3) is 0.385. The van der Waals surface area contributed by atoms with Gasteiger partial charge in [0, 0.05) is 23.0 Å². The number of likely N-dealkylation sites (tertiary alicyclic amines) is 1. The van der Waals surface area contributed by atoms with Crippen LogP contribution in [0.2, 0.25) is 0 Å². The van der Waals surface area contributed by atoms with Crippen LogP contribution in [0.5, 0.6) is 5.75 Å². The van der Waals surface area contributed by atoms with E-state index in [0.717, 1.165) is 23.0 Å². The predicted molar refractivity (Wildman–Crippen MR) is 130 cm³/mol. The van der Waals surface area contributed by atoms with E-state index in [-0.39, 0.29) is 11.7 Å². The minimum absolute atomic E-state index is 0.00806. The lowest BCUT2D eigenvalue weighted by atomic mass is 9.94. The monoisotopic (exact) mass is 514 g/mol. The molecule has 0 bridgehead atoms. The number of nitrogens with one attached hydrogen (secondary N) is 1. The van der Waals surface area contributed by atoms with Crippen LogP contribution in [0.3, 0.4) is 0 Å². The highest BCUT2D eigenvalue weighted by atomic mass is 79.9. The van der Waals surface area contributed by atoms with Gasteiger partial charge in [-0.2, -0.15) is 0 Å². The molecule has 3 rings (SSSR count). The maximum absolute atomic E-state index is 13.6. The van der Waals surface area contributed by atoms with Crippen LogP contribution in [0.4, 0.5) is 0 Å². The lowest BCUT2D eigenvalue weighted by Crippen LogP contribution is -3.05. The minimum Gasteiger partial charge on any atom is -0.872 e. The van der Waals surface area contributed by atoms with E-state index in [9.17, 15) is 14.7 Å². The second kappa shape index (κ2) is 10.5. The lowest BCUT2D eigenvalue weighted by Gasteiger charge is -2.28. The van der Waals surface area contributed by atoms with Crippen LogP contribution in [-0.4, -0.2) is 49.9 Å². The smallest absolute Gasteiger partial charge is 0.295 e. The molecule has 1 atom stereocenters. The summed E-state index contributed by atoms with van der Waals surface area (Å²) in [7, 11) is 4.08. The van der Waals surface area contributed by atoms with Gasteiger partial charge in [-0.3, -0.25) is 9.59 Å². The van der Waals surface area contributed by atoms with Crippen molar-refractivity contribution in [2.24, 2.45) is 0 Å². The number of ketones is 1. The normalized spacial score (nSPS) is 17.9. The highest BCUT2D eigenvalue weighted by molar-refractivity contribution is 9.10. The van der Waals surface area contributed by atoms with Gasteiger partial charge in [-0.1, -0.05) is 39.9 Å². The van der Waals surface area contributed by atoms with Crippen molar-refractivity contribution in [3.63, 3.8) is 0 Å². The van der Waals surface area contributed by atoms with E-state index in [0.29, 0.717) is 23.4 Å². The van der Waals surface area contributed by atoms with Gasteiger partial charge >= 0.3 is 0 Å². The fourth-order valence-electron chi connectivity index (χ4n) is 4.08. The Bertz CT molecular complexity index is 1060. The van der Waals surface area contributed by atoms with Crippen molar-refractivity contribution in [3.8, 4) is 5.75 Å². The molecule has 1 fully saturated rings. The third-order valence-corrected chi connectivity index (χ3v) is 6.13. The number of carbonyl (C=O) groups excluding carboxylic acids is 2. The first-order chi connectivity index (χ1) is 15.6. The molecule has 1 aliphatic rings. The summed E-state index contributed by atoms with van der Waals surface area (Å²) in [6.45, 7) is 6.94. The second-order valence-electron chi connectivity index (χ2n) is 8.98. The molecule has 2 aromatic rings. The highest BCUT2D eigenvalue weighted by Crippen LogP contribution is 2.39. The number of amides is 1. The Labute approximate surface area is 204 Å². The maximum Gasteiger partial charge on any atom is 0.295 e. The molecule has 7 heteroatoms. The number of ether oxygens (including phenoxy) is 1. The van der Waals surface area contributed by atoms with Crippen molar-refractivity contribution in [2.45, 2.75) is 39.3 Å². The summed E-state index contributed by atoms with van der Waals surface area (Å²) in [6, 6.07) is 11.9. The third-order valence-electron chi connectivity index (χ3n) is 5.61. The first-order valence-corrected chi connectivity index (χ1v) is 12.0. The SMILES string of the molecule is Cc1cc(OC(C)C)ccc1/C([O-])=C1\C(=O)C(=O)N(CCC[NH+](C)C)C1c1ccc(Br)cc1. The van der Waals surface area contributed by atoms with E-state index >= 15 is 0 Å². The van der Waals surface area contributed by atoms with Crippen molar-refractivity contribution in [1.29, 1.82) is 0 Å². The van der Waals surface area contributed by atoms with Gasteiger partial charge in [0.1, 0.15) is 5.75 Å². The first-order valence-electron chi connectivity index (χ1n) is 11.2. The zero-order valence-electron chi connectivity index (χ0n) is 19.8. The second-order valence-corrected chi connectivity index (χ2v) is 9.89. The summed E-state index contributed by atoms with van der Waals surface area (Å²) < 4.78 is 6.61. The van der Waals surface area contributed by atoms with E-state index in [4.69, 9.17) is 4.74 Å². The topological polar surface area (TPSA) is 74.1 Å². The maximum atomic E-state index is 13.6. The van der Waals surface area contributed by atoms with Crippen LogP contribution in [0.25, 0.3) is 5.76 Å². The molecule has 1 heterocycles. The van der Waals surface area contributed by atoms with Crippen molar-refractivity contribution in [2.75, 3.05) is 27.2 Å². The lowest BCUT2D eigenvalue weighted by molar-refractivity contribution is -0.858. The molecule has 0 aliphatic carbocycles. The quantitative estimate of drug-likeness (QED) is 0.333. The zero-order valence-corrected chi connectivity index (χ0v) is 21.4. The molecule has 1 unspecified atom stereocenters. The Kier molecular flexibility index (Phi) is 7.97. The van der Waals surface area contributed by atoms with Gasteiger partial charge in [0.15, 0.2) is 0 Å². The van der Waals surface area contributed by atoms with E-state index < -0.39 is 23.5 Å². The van der Waals surface area contributed by atoms with Crippen LogP contribution >= 0.6 is 15.9 Å². The van der Waals surface area contributed by atoms with Gasteiger partial charge in [-0.25, -0.2) is 0 Å². The van der Waals surface area contributed by atoms with Crippen LogP contribution in [0.15, 0.2) is 52.5 Å². The summed E-state index contributed by atoms with van der Waals surface area (Å²) in [6.07, 6.45) is 0.740. The van der Waals surface area contributed by atoms with Gasteiger partial charge in [0.25, 0.3) is 5.91 Å². The number of nitrogens with zero attached hydrogens (tertiary/aromatic N) is 1. The average Bonchev–Trinajstić information content (AvgIpc) is 2.98. The van der Waals surface area contributed by atoms with Crippen molar-refractivity contribution in [1.82, 2.24) is 4.90 Å². The number of halogens is 1. The van der Waals surface area contributed by atoms with Gasteiger partial charge in [-0.15, -0.1) is 0 Å². The summed E-state index contributed by atoms with van der Waals surface area (Å²) in [4.78, 5) is 28.9. The molecule has 0 saturated carbocycles. The molecule has 6 nitrogen and oxygen atoms in total. The molecule has 0 spiro atoms. The Morgan fingerprint density at radius 2 is 1.82 bits per heavy atom. The molecule has 1 amide bonds. The van der Waals surface area contributed by atoms with Crippen LogP contribution in [0.1, 0.15) is 43.0 Å². The first kappa shape index (κ1) is 25.0.